The maximum absolute atomic E-state index is 11.8. The van der Waals surface area contributed by atoms with Crippen LogP contribution in [0.15, 0.2) is 64.1 Å². The fraction of sp³-hybridized carbons (Fsp3) is 0.100. The van der Waals surface area contributed by atoms with Gasteiger partial charge in [-0.25, -0.2) is 5.43 Å². The molecule has 3 rings (SSSR count). The van der Waals surface area contributed by atoms with E-state index in [1.54, 1.807) is 24.3 Å². The third kappa shape index (κ3) is 5.43. The minimum atomic E-state index is -0.515. The second kappa shape index (κ2) is 9.03. The average molecular weight is 414 g/mol. The monoisotopic (exact) mass is 413 g/mol. The van der Waals surface area contributed by atoms with Crippen LogP contribution in [0, 0.1) is 17.0 Å². The van der Waals surface area contributed by atoms with Crippen molar-refractivity contribution in [2.45, 2.75) is 6.92 Å². The van der Waals surface area contributed by atoms with Gasteiger partial charge in [0.15, 0.2) is 6.61 Å². The first-order valence-electron chi connectivity index (χ1n) is 8.48. The lowest BCUT2D eigenvalue weighted by Gasteiger charge is -2.04. The second-order valence-electron chi connectivity index (χ2n) is 6.02. The molecule has 0 saturated heterocycles. The van der Waals surface area contributed by atoms with Crippen molar-refractivity contribution in [2.75, 3.05) is 6.61 Å². The first-order valence-corrected chi connectivity index (χ1v) is 8.85. The Kier molecular flexibility index (Phi) is 6.25. The highest BCUT2D eigenvalue weighted by Gasteiger charge is 2.14. The molecule has 0 atom stereocenters. The van der Waals surface area contributed by atoms with Crippen LogP contribution in [0.25, 0.3) is 11.3 Å². The number of amides is 1. The minimum Gasteiger partial charge on any atom is -0.484 e. The number of nitro groups is 1. The molecule has 29 heavy (non-hydrogen) atoms. The normalized spacial score (nSPS) is 10.8. The number of hydrogen-bond donors (Lipinski definition) is 1. The third-order valence-electron chi connectivity index (χ3n) is 3.82. The summed E-state index contributed by atoms with van der Waals surface area (Å²) in [7, 11) is 0. The molecule has 8 nitrogen and oxygen atoms in total. The molecule has 0 aliphatic rings. The summed E-state index contributed by atoms with van der Waals surface area (Å²) in [4.78, 5) is 22.2. The standard InChI is InChI=1S/C20H16ClN3O5/c1-13-2-5-15(6-3-13)28-12-20(25)23-22-11-16-7-9-19(29-16)17-10-14(24(26)27)4-8-18(17)21/h2-11H,12H2,1H3,(H,23,25). The molecule has 0 unspecified atom stereocenters. The SMILES string of the molecule is Cc1ccc(OCC(=O)NN=Cc2ccc(-c3cc([N+](=O)[O-])ccc3Cl)o2)cc1. The first kappa shape index (κ1) is 20.1. The Balaban J connectivity index is 1.58. The van der Waals surface area contributed by atoms with Crippen LogP contribution in [-0.2, 0) is 4.79 Å². The summed E-state index contributed by atoms with van der Waals surface area (Å²) in [6.07, 6.45) is 1.30. The number of carbonyl (C=O) groups excluding carboxylic acids is 1. The molecule has 148 valence electrons. The summed E-state index contributed by atoms with van der Waals surface area (Å²) in [6.45, 7) is 1.77. The number of nitro benzene ring substituents is 1. The zero-order valence-corrected chi connectivity index (χ0v) is 16.1. The van der Waals surface area contributed by atoms with Crippen molar-refractivity contribution in [3.63, 3.8) is 0 Å². The van der Waals surface area contributed by atoms with Gasteiger partial charge in [0.1, 0.15) is 17.3 Å². The molecule has 3 aromatic rings. The van der Waals surface area contributed by atoms with Crippen LogP contribution in [0.2, 0.25) is 5.02 Å². The van der Waals surface area contributed by atoms with Crippen molar-refractivity contribution in [1.29, 1.82) is 0 Å². The average Bonchev–Trinajstić information content (AvgIpc) is 3.16. The van der Waals surface area contributed by atoms with Crippen LogP contribution in [0.4, 0.5) is 5.69 Å². The number of halogens is 1. The maximum atomic E-state index is 11.8. The van der Waals surface area contributed by atoms with Crippen LogP contribution in [0.3, 0.4) is 0 Å². The molecule has 0 bridgehead atoms. The van der Waals surface area contributed by atoms with Gasteiger partial charge in [0.2, 0.25) is 0 Å². The Morgan fingerprint density at radius 2 is 2.00 bits per heavy atom. The highest BCUT2D eigenvalue weighted by atomic mass is 35.5. The van der Waals surface area contributed by atoms with E-state index in [0.29, 0.717) is 27.9 Å². The topological polar surface area (TPSA) is 107 Å². The molecule has 9 heteroatoms. The van der Waals surface area contributed by atoms with Crippen molar-refractivity contribution in [3.8, 4) is 17.1 Å². The highest BCUT2D eigenvalue weighted by Crippen LogP contribution is 2.32. The number of carbonyl (C=O) groups is 1. The van der Waals surface area contributed by atoms with Crippen molar-refractivity contribution >= 4 is 29.4 Å². The minimum absolute atomic E-state index is 0.100. The van der Waals surface area contributed by atoms with Gasteiger partial charge in [0.25, 0.3) is 11.6 Å². The van der Waals surface area contributed by atoms with E-state index in [1.165, 1.54) is 24.4 Å². The predicted molar refractivity (Wildman–Crippen MR) is 108 cm³/mol. The van der Waals surface area contributed by atoms with Crippen LogP contribution >= 0.6 is 11.6 Å². The van der Waals surface area contributed by atoms with Crippen molar-refractivity contribution in [1.82, 2.24) is 5.43 Å². The van der Waals surface area contributed by atoms with E-state index in [2.05, 4.69) is 10.5 Å². The third-order valence-corrected chi connectivity index (χ3v) is 4.15. The number of nitrogens with one attached hydrogen (secondary N) is 1. The molecule has 1 heterocycles. The van der Waals surface area contributed by atoms with Crippen molar-refractivity contribution in [3.05, 3.63) is 81.1 Å². The predicted octanol–water partition coefficient (Wildman–Crippen LogP) is 4.35. The number of furan rings is 1. The van der Waals surface area contributed by atoms with Crippen LogP contribution in [0.1, 0.15) is 11.3 Å². The quantitative estimate of drug-likeness (QED) is 0.352. The zero-order valence-electron chi connectivity index (χ0n) is 15.3. The molecular weight excluding hydrogens is 398 g/mol. The van der Waals surface area contributed by atoms with E-state index in [1.807, 2.05) is 19.1 Å². The fourth-order valence-corrected chi connectivity index (χ4v) is 2.58. The number of benzene rings is 2. The van der Waals surface area contributed by atoms with Gasteiger partial charge in [-0.3, -0.25) is 14.9 Å². The molecule has 0 aliphatic carbocycles. The van der Waals surface area contributed by atoms with Crippen molar-refractivity contribution < 1.29 is 18.9 Å². The second-order valence-corrected chi connectivity index (χ2v) is 6.43. The zero-order chi connectivity index (χ0) is 20.8. The highest BCUT2D eigenvalue weighted by molar-refractivity contribution is 6.33. The van der Waals surface area contributed by atoms with E-state index >= 15 is 0 Å². The van der Waals surface area contributed by atoms with E-state index in [0.717, 1.165) is 5.56 Å². The number of hydrazone groups is 1. The fourth-order valence-electron chi connectivity index (χ4n) is 2.37. The summed E-state index contributed by atoms with van der Waals surface area (Å²) in [5, 5.41) is 15.0. The van der Waals surface area contributed by atoms with Gasteiger partial charge >= 0.3 is 0 Å². The lowest BCUT2D eigenvalue weighted by Crippen LogP contribution is -2.24. The molecule has 1 amide bonds. The number of aryl methyl sites for hydroxylation is 1. The van der Waals surface area contributed by atoms with Crippen LogP contribution in [-0.4, -0.2) is 23.7 Å². The maximum Gasteiger partial charge on any atom is 0.277 e. The van der Waals surface area contributed by atoms with Gasteiger partial charge in [-0.15, -0.1) is 0 Å². The van der Waals surface area contributed by atoms with Crippen LogP contribution < -0.4 is 10.2 Å². The Morgan fingerprint density at radius 3 is 2.72 bits per heavy atom. The van der Waals surface area contributed by atoms with E-state index in [9.17, 15) is 14.9 Å². The Morgan fingerprint density at radius 1 is 1.24 bits per heavy atom. The van der Waals surface area contributed by atoms with E-state index < -0.39 is 10.8 Å². The lowest BCUT2D eigenvalue weighted by atomic mass is 10.1. The Bertz CT molecular complexity index is 1060. The molecule has 0 spiro atoms. The molecule has 0 fully saturated rings. The molecule has 1 aromatic heterocycles. The van der Waals surface area contributed by atoms with Gasteiger partial charge in [0, 0.05) is 17.7 Å². The summed E-state index contributed by atoms with van der Waals surface area (Å²) >= 11 is 6.10. The van der Waals surface area contributed by atoms with Gasteiger partial charge < -0.3 is 9.15 Å². The number of hydrogen-bond acceptors (Lipinski definition) is 6. The largest absolute Gasteiger partial charge is 0.484 e. The summed E-state index contributed by atoms with van der Waals surface area (Å²) in [5.41, 5.74) is 3.71. The first-order chi connectivity index (χ1) is 13.9. The molecule has 0 saturated carbocycles. The number of rotatable bonds is 7. The molecule has 0 aliphatic heterocycles. The van der Waals surface area contributed by atoms with E-state index in [-0.39, 0.29) is 12.3 Å². The smallest absolute Gasteiger partial charge is 0.277 e. The number of nitrogens with zero attached hydrogens (tertiary/aromatic N) is 2. The number of ether oxygens (including phenoxy) is 1. The van der Waals surface area contributed by atoms with Gasteiger partial charge in [-0.2, -0.15) is 5.10 Å². The van der Waals surface area contributed by atoms with Crippen molar-refractivity contribution in [2.24, 2.45) is 5.10 Å². The Hall–Kier alpha value is -3.65. The molecular formula is C20H16ClN3O5. The molecule has 2 aromatic carbocycles. The lowest BCUT2D eigenvalue weighted by molar-refractivity contribution is -0.384. The van der Waals surface area contributed by atoms with Gasteiger partial charge in [-0.1, -0.05) is 29.3 Å². The number of non-ortho nitro benzene ring substituents is 1. The summed E-state index contributed by atoms with van der Waals surface area (Å²) in [5.74, 6) is 0.825. The molecule has 0 radical (unpaired) electrons. The summed E-state index contributed by atoms with van der Waals surface area (Å²) in [6, 6.07) is 14.6. The van der Waals surface area contributed by atoms with E-state index in [4.69, 9.17) is 20.8 Å². The van der Waals surface area contributed by atoms with Gasteiger partial charge in [-0.05, 0) is 37.3 Å². The summed E-state index contributed by atoms with van der Waals surface area (Å²) < 4.78 is 10.9. The van der Waals surface area contributed by atoms with Crippen LogP contribution in [0.5, 0.6) is 5.75 Å². The molecule has 1 N–H and O–H groups in total. The Labute approximate surface area is 170 Å². The van der Waals surface area contributed by atoms with Gasteiger partial charge in [0.05, 0.1) is 16.2 Å².